The maximum absolute atomic E-state index is 10.7. The van der Waals surface area contributed by atoms with Gasteiger partial charge in [-0.2, -0.15) is 0 Å². The summed E-state index contributed by atoms with van der Waals surface area (Å²) in [5, 5.41) is 0. The Morgan fingerprint density at radius 3 is 2.67 bits per heavy atom. The maximum Gasteiger partial charge on any atom is 0.155 e. The van der Waals surface area contributed by atoms with E-state index in [9.17, 15) is 4.21 Å². The van der Waals surface area contributed by atoms with Crippen LogP contribution in [0, 0.1) is 0 Å². The zero-order valence-electron chi connectivity index (χ0n) is 5.33. The number of ether oxygens (including phenoxy) is 2. The van der Waals surface area contributed by atoms with E-state index in [1.54, 1.807) is 6.26 Å². The molecule has 0 aromatic carbocycles. The Balaban J connectivity index is 2.31. The highest BCUT2D eigenvalue weighted by Crippen LogP contribution is 2.02. The molecule has 0 aromatic rings. The van der Waals surface area contributed by atoms with Crippen molar-refractivity contribution in [2.45, 2.75) is 5.44 Å². The fourth-order valence-electron chi connectivity index (χ4n) is 0.658. The van der Waals surface area contributed by atoms with E-state index in [0.29, 0.717) is 19.8 Å². The molecule has 1 rings (SSSR count). The Hall–Kier alpha value is 0.0700. The first kappa shape index (κ1) is 7.18. The molecule has 1 heterocycles. The summed E-state index contributed by atoms with van der Waals surface area (Å²) < 4.78 is 20.8. The van der Waals surface area contributed by atoms with E-state index < -0.39 is 10.8 Å². The van der Waals surface area contributed by atoms with Gasteiger partial charge < -0.3 is 9.47 Å². The molecule has 0 amide bonds. The SMILES string of the molecule is CS(=O)C1COCCO1. The Kier molecular flexibility index (Phi) is 2.63. The van der Waals surface area contributed by atoms with Crippen molar-refractivity contribution in [3.05, 3.63) is 0 Å². The van der Waals surface area contributed by atoms with Crippen LogP contribution in [0.4, 0.5) is 0 Å². The van der Waals surface area contributed by atoms with Crippen molar-refractivity contribution in [1.29, 1.82) is 0 Å². The minimum Gasteiger partial charge on any atom is -0.375 e. The largest absolute Gasteiger partial charge is 0.375 e. The molecule has 1 fully saturated rings. The van der Waals surface area contributed by atoms with Crippen LogP contribution in [-0.4, -0.2) is 35.7 Å². The van der Waals surface area contributed by atoms with Crippen LogP contribution in [0.1, 0.15) is 0 Å². The van der Waals surface area contributed by atoms with Crippen molar-refractivity contribution in [2.24, 2.45) is 0 Å². The molecule has 2 unspecified atom stereocenters. The molecule has 1 aliphatic rings. The molecule has 0 bridgehead atoms. The lowest BCUT2D eigenvalue weighted by atomic mass is 10.6. The van der Waals surface area contributed by atoms with Gasteiger partial charge in [-0.15, -0.1) is 0 Å². The minimum atomic E-state index is -0.899. The summed E-state index contributed by atoms with van der Waals surface area (Å²) in [4.78, 5) is 0. The van der Waals surface area contributed by atoms with Gasteiger partial charge in [-0.05, 0) is 0 Å². The molecule has 0 aliphatic carbocycles. The second-order valence-electron chi connectivity index (χ2n) is 1.87. The Morgan fingerprint density at radius 1 is 1.56 bits per heavy atom. The predicted molar refractivity (Wildman–Crippen MR) is 34.6 cm³/mol. The number of rotatable bonds is 1. The van der Waals surface area contributed by atoms with Crippen LogP contribution in [0.3, 0.4) is 0 Å². The van der Waals surface area contributed by atoms with Crippen molar-refractivity contribution in [1.82, 2.24) is 0 Å². The first-order valence-corrected chi connectivity index (χ1v) is 4.44. The van der Waals surface area contributed by atoms with Crippen LogP contribution in [0.15, 0.2) is 0 Å². The monoisotopic (exact) mass is 150 g/mol. The van der Waals surface area contributed by atoms with Crippen LogP contribution in [0.2, 0.25) is 0 Å². The third-order valence-corrected chi connectivity index (χ3v) is 2.17. The molecule has 4 heteroatoms. The van der Waals surface area contributed by atoms with E-state index in [1.807, 2.05) is 0 Å². The molecular formula is C5H10O3S. The van der Waals surface area contributed by atoms with E-state index in [2.05, 4.69) is 0 Å². The van der Waals surface area contributed by atoms with Crippen molar-refractivity contribution >= 4 is 10.8 Å². The first-order chi connectivity index (χ1) is 4.30. The van der Waals surface area contributed by atoms with Gasteiger partial charge in [-0.1, -0.05) is 0 Å². The van der Waals surface area contributed by atoms with Gasteiger partial charge in [0.15, 0.2) is 5.44 Å². The van der Waals surface area contributed by atoms with Gasteiger partial charge in [-0.3, -0.25) is 4.21 Å². The standard InChI is InChI=1S/C5H10O3S/c1-9(6)5-4-7-2-3-8-5/h5H,2-4H2,1H3. The average Bonchev–Trinajstić information content (AvgIpc) is 1.90. The highest BCUT2D eigenvalue weighted by atomic mass is 32.2. The predicted octanol–water partition coefficient (Wildman–Crippen LogP) is -0.262. The molecular weight excluding hydrogens is 140 g/mol. The molecule has 1 aliphatic heterocycles. The Morgan fingerprint density at radius 2 is 2.33 bits per heavy atom. The van der Waals surface area contributed by atoms with E-state index in [0.717, 1.165) is 0 Å². The van der Waals surface area contributed by atoms with Crippen molar-refractivity contribution in [3.63, 3.8) is 0 Å². The molecule has 0 N–H and O–H groups in total. The van der Waals surface area contributed by atoms with E-state index in [1.165, 1.54) is 0 Å². The molecule has 0 aromatic heterocycles. The molecule has 2 atom stereocenters. The zero-order chi connectivity index (χ0) is 6.69. The van der Waals surface area contributed by atoms with Crippen molar-refractivity contribution in [2.75, 3.05) is 26.1 Å². The van der Waals surface area contributed by atoms with E-state index in [4.69, 9.17) is 9.47 Å². The summed E-state index contributed by atoms with van der Waals surface area (Å²) in [6.07, 6.45) is 1.62. The fourth-order valence-corrected chi connectivity index (χ4v) is 1.23. The van der Waals surface area contributed by atoms with Gasteiger partial charge in [-0.25, -0.2) is 0 Å². The molecule has 3 nitrogen and oxygen atoms in total. The second kappa shape index (κ2) is 3.29. The number of hydrogen-bond acceptors (Lipinski definition) is 3. The highest BCUT2D eigenvalue weighted by molar-refractivity contribution is 7.84. The molecule has 0 radical (unpaired) electrons. The van der Waals surface area contributed by atoms with Gasteiger partial charge in [0, 0.05) is 17.1 Å². The minimum absolute atomic E-state index is 0.196. The lowest BCUT2D eigenvalue weighted by Gasteiger charge is -2.20. The summed E-state index contributed by atoms with van der Waals surface area (Å²) in [5.41, 5.74) is -0.196. The highest BCUT2D eigenvalue weighted by Gasteiger charge is 2.16. The third-order valence-electron chi connectivity index (χ3n) is 1.16. The van der Waals surface area contributed by atoms with E-state index >= 15 is 0 Å². The second-order valence-corrected chi connectivity index (χ2v) is 3.40. The fraction of sp³-hybridized carbons (Fsp3) is 1.00. The normalized spacial score (nSPS) is 31.9. The van der Waals surface area contributed by atoms with Crippen LogP contribution >= 0.6 is 0 Å². The maximum atomic E-state index is 10.7. The van der Waals surface area contributed by atoms with Gasteiger partial charge in [0.1, 0.15) is 0 Å². The van der Waals surface area contributed by atoms with Crippen molar-refractivity contribution < 1.29 is 13.7 Å². The molecule has 0 saturated carbocycles. The first-order valence-electron chi connectivity index (χ1n) is 2.82. The van der Waals surface area contributed by atoms with Gasteiger partial charge in [0.05, 0.1) is 19.8 Å². The summed E-state index contributed by atoms with van der Waals surface area (Å²) in [5.74, 6) is 0. The molecule has 54 valence electrons. The quantitative estimate of drug-likeness (QED) is 0.516. The number of hydrogen-bond donors (Lipinski definition) is 0. The zero-order valence-corrected chi connectivity index (χ0v) is 6.15. The summed E-state index contributed by atoms with van der Waals surface area (Å²) in [6.45, 7) is 1.68. The van der Waals surface area contributed by atoms with Crippen molar-refractivity contribution in [3.8, 4) is 0 Å². The molecule has 9 heavy (non-hydrogen) atoms. The van der Waals surface area contributed by atoms with Gasteiger partial charge >= 0.3 is 0 Å². The van der Waals surface area contributed by atoms with Crippen LogP contribution in [0.5, 0.6) is 0 Å². The summed E-state index contributed by atoms with van der Waals surface area (Å²) in [7, 11) is -0.899. The Bertz CT molecular complexity index is 109. The smallest absolute Gasteiger partial charge is 0.155 e. The summed E-state index contributed by atoms with van der Waals surface area (Å²) >= 11 is 0. The summed E-state index contributed by atoms with van der Waals surface area (Å²) in [6, 6.07) is 0. The van der Waals surface area contributed by atoms with Crippen LogP contribution in [0.25, 0.3) is 0 Å². The lowest BCUT2D eigenvalue weighted by Crippen LogP contribution is -2.31. The van der Waals surface area contributed by atoms with Gasteiger partial charge in [0.25, 0.3) is 0 Å². The lowest BCUT2D eigenvalue weighted by molar-refractivity contribution is -0.0516. The molecule has 0 spiro atoms. The van der Waals surface area contributed by atoms with Crippen LogP contribution < -0.4 is 0 Å². The van der Waals surface area contributed by atoms with Gasteiger partial charge in [0.2, 0.25) is 0 Å². The molecule has 1 saturated heterocycles. The average molecular weight is 150 g/mol. The van der Waals surface area contributed by atoms with Crippen LogP contribution in [-0.2, 0) is 20.3 Å². The van der Waals surface area contributed by atoms with E-state index in [-0.39, 0.29) is 5.44 Å². The topological polar surface area (TPSA) is 35.5 Å². The third kappa shape index (κ3) is 2.04. The Labute approximate surface area is 56.8 Å².